The SMILES string of the molecule is CC[C@@H]1C[C@H]1C(=O)Nc1ccc(-n2cnc3ccccc32)nc1. The minimum atomic E-state index is 0.111. The number of aromatic nitrogens is 3. The van der Waals surface area contributed by atoms with E-state index >= 15 is 0 Å². The highest BCUT2D eigenvalue weighted by Crippen LogP contribution is 2.41. The maximum Gasteiger partial charge on any atom is 0.227 e. The highest BCUT2D eigenvalue weighted by atomic mass is 16.2. The van der Waals surface area contributed by atoms with Gasteiger partial charge in [0.05, 0.1) is 22.9 Å². The number of benzene rings is 1. The van der Waals surface area contributed by atoms with Crippen LogP contribution in [-0.4, -0.2) is 20.4 Å². The number of hydrogen-bond acceptors (Lipinski definition) is 3. The van der Waals surface area contributed by atoms with Gasteiger partial charge >= 0.3 is 0 Å². The van der Waals surface area contributed by atoms with Crippen LogP contribution in [0, 0.1) is 11.8 Å². The summed E-state index contributed by atoms with van der Waals surface area (Å²) in [6.45, 7) is 2.13. The van der Waals surface area contributed by atoms with Gasteiger partial charge in [-0.05, 0) is 36.6 Å². The number of pyridine rings is 1. The van der Waals surface area contributed by atoms with Gasteiger partial charge in [-0.1, -0.05) is 25.5 Å². The van der Waals surface area contributed by atoms with Crippen molar-refractivity contribution < 1.29 is 4.79 Å². The molecule has 0 radical (unpaired) electrons. The summed E-state index contributed by atoms with van der Waals surface area (Å²) in [5.74, 6) is 1.63. The molecule has 1 fully saturated rings. The third-order valence-electron chi connectivity index (χ3n) is 4.50. The van der Waals surface area contributed by atoms with Crippen LogP contribution < -0.4 is 5.32 Å². The predicted octanol–water partition coefficient (Wildman–Crippen LogP) is 3.41. The number of rotatable bonds is 4. The summed E-state index contributed by atoms with van der Waals surface area (Å²) >= 11 is 0. The average Bonchev–Trinajstić information content (AvgIpc) is 3.27. The van der Waals surface area contributed by atoms with Gasteiger partial charge in [0, 0.05) is 5.92 Å². The summed E-state index contributed by atoms with van der Waals surface area (Å²) in [5.41, 5.74) is 2.69. The fraction of sp³-hybridized carbons (Fsp3) is 0.278. The largest absolute Gasteiger partial charge is 0.324 e. The third kappa shape index (κ3) is 2.59. The topological polar surface area (TPSA) is 59.8 Å². The Hall–Kier alpha value is -2.69. The van der Waals surface area contributed by atoms with Crippen molar-refractivity contribution in [3.8, 4) is 5.82 Å². The normalized spacial score (nSPS) is 19.7. The highest BCUT2D eigenvalue weighted by Gasteiger charge is 2.41. The van der Waals surface area contributed by atoms with Crippen LogP contribution in [0.15, 0.2) is 48.9 Å². The predicted molar refractivity (Wildman–Crippen MR) is 89.4 cm³/mol. The van der Waals surface area contributed by atoms with Crippen LogP contribution in [0.3, 0.4) is 0 Å². The number of hydrogen-bond donors (Lipinski definition) is 1. The zero-order valence-corrected chi connectivity index (χ0v) is 12.9. The summed E-state index contributed by atoms with van der Waals surface area (Å²) in [6, 6.07) is 11.7. The Labute approximate surface area is 134 Å². The van der Waals surface area contributed by atoms with E-state index in [1.165, 1.54) is 0 Å². The zero-order chi connectivity index (χ0) is 15.8. The van der Waals surface area contributed by atoms with Crippen molar-refractivity contribution in [1.29, 1.82) is 0 Å². The van der Waals surface area contributed by atoms with Crippen molar-refractivity contribution in [3.05, 3.63) is 48.9 Å². The number of anilines is 1. The second kappa shape index (κ2) is 5.50. The smallest absolute Gasteiger partial charge is 0.227 e. The van der Waals surface area contributed by atoms with E-state index in [1.54, 1.807) is 12.5 Å². The number of para-hydroxylation sites is 2. The number of nitrogens with zero attached hydrogens (tertiary/aromatic N) is 3. The van der Waals surface area contributed by atoms with Crippen LogP contribution >= 0.6 is 0 Å². The van der Waals surface area contributed by atoms with Gasteiger partial charge in [-0.2, -0.15) is 0 Å². The summed E-state index contributed by atoms with van der Waals surface area (Å²) in [5, 5.41) is 2.95. The number of amides is 1. The van der Waals surface area contributed by atoms with Gasteiger partial charge < -0.3 is 5.32 Å². The van der Waals surface area contributed by atoms with Crippen molar-refractivity contribution >= 4 is 22.6 Å². The Morgan fingerprint density at radius 3 is 2.87 bits per heavy atom. The van der Waals surface area contributed by atoms with Crippen molar-refractivity contribution in [3.63, 3.8) is 0 Å². The molecule has 1 saturated carbocycles. The minimum Gasteiger partial charge on any atom is -0.324 e. The van der Waals surface area contributed by atoms with Gasteiger partial charge in [0.1, 0.15) is 12.1 Å². The lowest BCUT2D eigenvalue weighted by Gasteiger charge is -2.07. The highest BCUT2D eigenvalue weighted by molar-refractivity contribution is 5.94. The lowest BCUT2D eigenvalue weighted by Crippen LogP contribution is -2.15. The number of carbonyl (C=O) groups excluding carboxylic acids is 1. The summed E-state index contributed by atoms with van der Waals surface area (Å²) in [4.78, 5) is 20.9. The zero-order valence-electron chi connectivity index (χ0n) is 12.9. The fourth-order valence-corrected chi connectivity index (χ4v) is 3.00. The quantitative estimate of drug-likeness (QED) is 0.803. The van der Waals surface area contributed by atoms with Crippen LogP contribution in [0.4, 0.5) is 5.69 Å². The lowest BCUT2D eigenvalue weighted by molar-refractivity contribution is -0.117. The van der Waals surface area contributed by atoms with Crippen LogP contribution in [-0.2, 0) is 4.79 Å². The molecule has 0 aliphatic heterocycles. The summed E-state index contributed by atoms with van der Waals surface area (Å²) < 4.78 is 1.94. The van der Waals surface area contributed by atoms with Gasteiger partial charge in [-0.3, -0.25) is 9.36 Å². The van der Waals surface area contributed by atoms with Gasteiger partial charge in [0.25, 0.3) is 0 Å². The molecule has 0 spiro atoms. The van der Waals surface area contributed by atoms with Gasteiger partial charge in [0.2, 0.25) is 5.91 Å². The first-order chi connectivity index (χ1) is 11.3. The molecule has 1 aliphatic carbocycles. The molecule has 1 N–H and O–H groups in total. The average molecular weight is 306 g/mol. The Kier molecular flexibility index (Phi) is 3.33. The van der Waals surface area contributed by atoms with E-state index in [4.69, 9.17) is 0 Å². The Morgan fingerprint density at radius 1 is 1.26 bits per heavy atom. The summed E-state index contributed by atoms with van der Waals surface area (Å²) in [6.07, 6.45) is 5.55. The number of imidazole rings is 1. The van der Waals surface area contributed by atoms with E-state index < -0.39 is 0 Å². The molecule has 2 aromatic heterocycles. The molecule has 2 heterocycles. The van der Waals surface area contributed by atoms with E-state index in [9.17, 15) is 4.79 Å². The molecule has 116 valence electrons. The first-order valence-corrected chi connectivity index (χ1v) is 7.95. The standard InChI is InChI=1S/C18H18N4O/c1-2-12-9-14(12)18(23)21-13-7-8-17(19-10-13)22-11-20-15-5-3-4-6-16(15)22/h3-8,10-12,14H,2,9H2,1H3,(H,21,23)/t12-,14-/m1/s1. The van der Waals surface area contributed by atoms with Gasteiger partial charge in [0.15, 0.2) is 0 Å². The van der Waals surface area contributed by atoms with Crippen LogP contribution in [0.1, 0.15) is 19.8 Å². The number of fused-ring (bicyclic) bond motifs is 1. The molecular formula is C18H18N4O. The molecule has 5 heteroatoms. The second-order valence-corrected chi connectivity index (χ2v) is 6.01. The Balaban J connectivity index is 1.53. The molecule has 3 aromatic rings. The molecule has 5 nitrogen and oxygen atoms in total. The number of carbonyl (C=O) groups is 1. The van der Waals surface area contributed by atoms with Crippen molar-refractivity contribution in [2.45, 2.75) is 19.8 Å². The Bertz CT molecular complexity index is 853. The maximum absolute atomic E-state index is 12.1. The van der Waals surface area contributed by atoms with Gasteiger partial charge in [-0.25, -0.2) is 9.97 Å². The molecule has 23 heavy (non-hydrogen) atoms. The number of nitrogens with one attached hydrogen (secondary N) is 1. The molecule has 2 atom stereocenters. The second-order valence-electron chi connectivity index (χ2n) is 6.01. The van der Waals surface area contributed by atoms with Crippen LogP contribution in [0.5, 0.6) is 0 Å². The van der Waals surface area contributed by atoms with Crippen LogP contribution in [0.2, 0.25) is 0 Å². The minimum absolute atomic E-state index is 0.111. The maximum atomic E-state index is 12.1. The van der Waals surface area contributed by atoms with Crippen LogP contribution in [0.25, 0.3) is 16.9 Å². The van der Waals surface area contributed by atoms with E-state index in [0.717, 1.165) is 35.4 Å². The van der Waals surface area contributed by atoms with E-state index in [-0.39, 0.29) is 11.8 Å². The molecule has 1 aliphatic rings. The lowest BCUT2D eigenvalue weighted by atomic mass is 10.2. The molecule has 4 rings (SSSR count). The first kappa shape index (κ1) is 13.9. The van der Waals surface area contributed by atoms with Crippen molar-refractivity contribution in [2.75, 3.05) is 5.32 Å². The van der Waals surface area contributed by atoms with Crippen molar-refractivity contribution in [2.24, 2.45) is 11.8 Å². The monoisotopic (exact) mass is 306 g/mol. The summed E-state index contributed by atoms with van der Waals surface area (Å²) in [7, 11) is 0. The molecule has 0 unspecified atom stereocenters. The molecule has 1 amide bonds. The van der Waals surface area contributed by atoms with E-state index in [2.05, 4.69) is 22.2 Å². The third-order valence-corrected chi connectivity index (χ3v) is 4.50. The van der Waals surface area contributed by atoms with E-state index in [1.807, 2.05) is 41.0 Å². The molecule has 1 aromatic carbocycles. The Morgan fingerprint density at radius 2 is 2.13 bits per heavy atom. The first-order valence-electron chi connectivity index (χ1n) is 7.95. The fourth-order valence-electron chi connectivity index (χ4n) is 3.00. The molecular weight excluding hydrogens is 288 g/mol. The van der Waals surface area contributed by atoms with Gasteiger partial charge in [-0.15, -0.1) is 0 Å². The van der Waals surface area contributed by atoms with E-state index in [0.29, 0.717) is 5.92 Å². The molecule has 0 saturated heterocycles. The van der Waals surface area contributed by atoms with Crippen molar-refractivity contribution in [1.82, 2.24) is 14.5 Å². The molecule has 0 bridgehead atoms.